The van der Waals surface area contributed by atoms with Crippen molar-refractivity contribution in [1.82, 2.24) is 10.6 Å². The summed E-state index contributed by atoms with van der Waals surface area (Å²) < 4.78 is 6.53. The minimum atomic E-state index is -0.171. The van der Waals surface area contributed by atoms with Crippen LogP contribution in [-0.2, 0) is 6.42 Å². The lowest BCUT2D eigenvalue weighted by molar-refractivity contribution is 0.236. The van der Waals surface area contributed by atoms with Crippen LogP contribution in [0.25, 0.3) is 0 Å². The van der Waals surface area contributed by atoms with Gasteiger partial charge in [0.1, 0.15) is 12.4 Å². The molecule has 2 rings (SSSR count). The van der Waals surface area contributed by atoms with E-state index in [9.17, 15) is 4.79 Å². The fourth-order valence-corrected chi connectivity index (χ4v) is 2.16. The number of benzene rings is 2. The predicted molar refractivity (Wildman–Crippen MR) is 91.2 cm³/mol. The topological polar surface area (TPSA) is 50.4 Å². The van der Waals surface area contributed by atoms with E-state index in [1.165, 1.54) is 5.56 Å². The molecular formula is C17H19BrN2O2. The smallest absolute Gasteiger partial charge is 0.314 e. The van der Waals surface area contributed by atoms with Crippen LogP contribution in [0, 0.1) is 0 Å². The molecule has 0 saturated carbocycles. The number of hydrogen-bond donors (Lipinski definition) is 2. The summed E-state index contributed by atoms with van der Waals surface area (Å²) in [5.41, 5.74) is 1.21. The summed E-state index contributed by atoms with van der Waals surface area (Å²) >= 11 is 3.37. The lowest BCUT2D eigenvalue weighted by atomic mass is 10.1. The molecule has 0 aliphatic heterocycles. The summed E-state index contributed by atoms with van der Waals surface area (Å²) in [6, 6.07) is 17.5. The van der Waals surface area contributed by atoms with E-state index < -0.39 is 0 Å². The van der Waals surface area contributed by atoms with Gasteiger partial charge in [-0.15, -0.1) is 0 Å². The lowest BCUT2D eigenvalue weighted by Gasteiger charge is -2.09. The van der Waals surface area contributed by atoms with Gasteiger partial charge < -0.3 is 15.4 Å². The largest absolute Gasteiger partial charge is 0.492 e. The molecule has 0 heterocycles. The molecule has 0 aliphatic carbocycles. The molecular weight excluding hydrogens is 344 g/mol. The molecule has 4 nitrogen and oxygen atoms in total. The minimum Gasteiger partial charge on any atom is -0.492 e. The van der Waals surface area contributed by atoms with Crippen molar-refractivity contribution in [3.8, 4) is 5.75 Å². The fourth-order valence-electron chi connectivity index (χ4n) is 1.89. The van der Waals surface area contributed by atoms with Gasteiger partial charge in [-0.25, -0.2) is 4.79 Å². The van der Waals surface area contributed by atoms with Crippen LogP contribution in [0.5, 0.6) is 5.75 Å². The molecule has 0 aromatic heterocycles. The number of halogens is 1. The summed E-state index contributed by atoms with van der Waals surface area (Å²) in [4.78, 5) is 11.6. The van der Waals surface area contributed by atoms with Crippen molar-refractivity contribution < 1.29 is 9.53 Å². The van der Waals surface area contributed by atoms with E-state index in [4.69, 9.17) is 4.74 Å². The number of rotatable bonds is 7. The zero-order chi connectivity index (χ0) is 15.6. The second kappa shape index (κ2) is 9.10. The number of amides is 2. The Bertz CT molecular complexity index is 573. The molecule has 0 aliphatic rings. The van der Waals surface area contributed by atoms with Gasteiger partial charge in [0, 0.05) is 11.0 Å². The van der Waals surface area contributed by atoms with Gasteiger partial charge in [-0.1, -0.05) is 46.3 Å². The molecule has 0 radical (unpaired) electrons. The molecule has 2 N–H and O–H groups in total. The Morgan fingerprint density at radius 2 is 1.64 bits per heavy atom. The van der Waals surface area contributed by atoms with Crippen molar-refractivity contribution in [2.24, 2.45) is 0 Å². The van der Waals surface area contributed by atoms with Gasteiger partial charge in [0.05, 0.1) is 6.54 Å². The molecule has 0 unspecified atom stereocenters. The highest BCUT2D eigenvalue weighted by molar-refractivity contribution is 9.10. The first-order valence-electron chi connectivity index (χ1n) is 7.18. The SMILES string of the molecule is O=C(NCCOc1ccc(Br)cc1)NCCc1ccccc1. The third-order valence-electron chi connectivity index (χ3n) is 3.01. The van der Waals surface area contributed by atoms with Gasteiger partial charge in [-0.05, 0) is 36.2 Å². The van der Waals surface area contributed by atoms with Crippen LogP contribution in [-0.4, -0.2) is 25.7 Å². The monoisotopic (exact) mass is 362 g/mol. The van der Waals surface area contributed by atoms with E-state index in [0.717, 1.165) is 16.6 Å². The quantitative estimate of drug-likeness (QED) is 0.741. The second-order valence-electron chi connectivity index (χ2n) is 4.72. The fraction of sp³-hybridized carbons (Fsp3) is 0.235. The molecule has 116 valence electrons. The van der Waals surface area contributed by atoms with Crippen molar-refractivity contribution in [2.45, 2.75) is 6.42 Å². The Balaban J connectivity index is 1.55. The van der Waals surface area contributed by atoms with E-state index in [0.29, 0.717) is 19.7 Å². The molecule has 2 aromatic carbocycles. The van der Waals surface area contributed by atoms with E-state index in [1.54, 1.807) is 0 Å². The Morgan fingerprint density at radius 1 is 0.955 bits per heavy atom. The van der Waals surface area contributed by atoms with Crippen LogP contribution in [0.1, 0.15) is 5.56 Å². The number of hydrogen-bond acceptors (Lipinski definition) is 2. The Hall–Kier alpha value is -2.01. The summed E-state index contributed by atoms with van der Waals surface area (Å²) in [6.45, 7) is 1.52. The van der Waals surface area contributed by atoms with Gasteiger partial charge >= 0.3 is 6.03 Å². The highest BCUT2D eigenvalue weighted by Gasteiger charge is 2.00. The number of nitrogens with one attached hydrogen (secondary N) is 2. The maximum Gasteiger partial charge on any atom is 0.314 e. The lowest BCUT2D eigenvalue weighted by Crippen LogP contribution is -2.38. The number of carbonyl (C=O) groups is 1. The van der Waals surface area contributed by atoms with Crippen LogP contribution >= 0.6 is 15.9 Å². The first-order chi connectivity index (χ1) is 10.7. The molecule has 0 fully saturated rings. The average molecular weight is 363 g/mol. The van der Waals surface area contributed by atoms with Crippen LogP contribution < -0.4 is 15.4 Å². The third kappa shape index (κ3) is 6.18. The Kier molecular flexibility index (Phi) is 6.77. The molecule has 0 spiro atoms. The number of ether oxygens (including phenoxy) is 1. The van der Waals surface area contributed by atoms with E-state index in [1.807, 2.05) is 54.6 Å². The summed E-state index contributed by atoms with van der Waals surface area (Å²) in [6.07, 6.45) is 0.823. The third-order valence-corrected chi connectivity index (χ3v) is 3.54. The maximum absolute atomic E-state index is 11.6. The first kappa shape index (κ1) is 16.4. The number of carbonyl (C=O) groups excluding carboxylic acids is 1. The predicted octanol–water partition coefficient (Wildman–Crippen LogP) is 3.37. The molecule has 2 amide bonds. The van der Waals surface area contributed by atoms with E-state index in [-0.39, 0.29) is 6.03 Å². The maximum atomic E-state index is 11.6. The van der Waals surface area contributed by atoms with Crippen LogP contribution in [0.4, 0.5) is 4.79 Å². The van der Waals surface area contributed by atoms with Crippen molar-refractivity contribution in [3.63, 3.8) is 0 Å². The highest BCUT2D eigenvalue weighted by Crippen LogP contribution is 2.15. The molecule has 0 saturated heterocycles. The zero-order valence-corrected chi connectivity index (χ0v) is 13.8. The van der Waals surface area contributed by atoms with Crippen molar-refractivity contribution >= 4 is 22.0 Å². The van der Waals surface area contributed by atoms with Gasteiger partial charge in [-0.2, -0.15) is 0 Å². The zero-order valence-electron chi connectivity index (χ0n) is 12.2. The summed E-state index contributed by atoms with van der Waals surface area (Å²) in [5, 5.41) is 5.59. The van der Waals surface area contributed by atoms with Crippen LogP contribution in [0.2, 0.25) is 0 Å². The number of urea groups is 1. The molecule has 2 aromatic rings. The van der Waals surface area contributed by atoms with Crippen molar-refractivity contribution in [3.05, 3.63) is 64.6 Å². The van der Waals surface area contributed by atoms with Gasteiger partial charge in [0.25, 0.3) is 0 Å². The van der Waals surface area contributed by atoms with Crippen LogP contribution in [0.15, 0.2) is 59.1 Å². The minimum absolute atomic E-state index is 0.171. The standard InChI is InChI=1S/C17H19BrN2O2/c18-15-6-8-16(9-7-15)22-13-12-20-17(21)19-11-10-14-4-2-1-3-5-14/h1-9H,10-13H2,(H2,19,20,21). The normalized spacial score (nSPS) is 10.0. The average Bonchev–Trinajstić information content (AvgIpc) is 2.54. The molecule has 0 bridgehead atoms. The molecule has 22 heavy (non-hydrogen) atoms. The highest BCUT2D eigenvalue weighted by atomic mass is 79.9. The van der Waals surface area contributed by atoms with E-state index >= 15 is 0 Å². The van der Waals surface area contributed by atoms with Crippen LogP contribution in [0.3, 0.4) is 0 Å². The second-order valence-corrected chi connectivity index (χ2v) is 5.64. The first-order valence-corrected chi connectivity index (χ1v) is 7.97. The van der Waals surface area contributed by atoms with Gasteiger partial charge in [0.15, 0.2) is 0 Å². The van der Waals surface area contributed by atoms with Gasteiger partial charge in [-0.3, -0.25) is 0 Å². The van der Waals surface area contributed by atoms with Crippen molar-refractivity contribution in [2.75, 3.05) is 19.7 Å². The Labute approximate surface area is 139 Å². The van der Waals surface area contributed by atoms with Gasteiger partial charge in [0.2, 0.25) is 0 Å². The summed E-state index contributed by atoms with van der Waals surface area (Å²) in [7, 11) is 0. The van der Waals surface area contributed by atoms with E-state index in [2.05, 4.69) is 26.6 Å². The van der Waals surface area contributed by atoms with Crippen molar-refractivity contribution in [1.29, 1.82) is 0 Å². The summed E-state index contributed by atoms with van der Waals surface area (Å²) in [5.74, 6) is 0.787. The Morgan fingerprint density at radius 3 is 2.36 bits per heavy atom. The molecule has 0 atom stereocenters. The molecule has 5 heteroatoms.